The second-order valence-electron chi connectivity index (χ2n) is 2.69. The lowest BCUT2D eigenvalue weighted by Gasteiger charge is -1.94. The smallest absolute Gasteiger partial charge is 0.182 e. The van der Waals surface area contributed by atoms with Gasteiger partial charge in [0.1, 0.15) is 0 Å². The highest BCUT2D eigenvalue weighted by Gasteiger charge is 2.15. The van der Waals surface area contributed by atoms with E-state index in [1.54, 1.807) is 11.3 Å². The van der Waals surface area contributed by atoms with E-state index < -0.39 is 0 Å². The molecule has 0 unspecified atom stereocenters. The molecule has 1 heterocycles. The normalized spacial score (nSPS) is 15.7. The van der Waals surface area contributed by atoms with Crippen LogP contribution in [0.25, 0.3) is 0 Å². The van der Waals surface area contributed by atoms with Crippen LogP contribution in [0.3, 0.4) is 0 Å². The van der Waals surface area contributed by atoms with E-state index >= 15 is 0 Å². The Morgan fingerprint density at radius 1 is 1.50 bits per heavy atom. The lowest BCUT2D eigenvalue weighted by molar-refractivity contribution is 0.775. The summed E-state index contributed by atoms with van der Waals surface area (Å²) < 4.78 is 2.01. The Labute approximate surface area is 63.6 Å². The van der Waals surface area contributed by atoms with Gasteiger partial charge in [-0.3, -0.25) is 5.41 Å². The fourth-order valence-corrected chi connectivity index (χ4v) is 2.56. The van der Waals surface area contributed by atoms with E-state index in [4.69, 9.17) is 5.41 Å². The van der Waals surface area contributed by atoms with Crippen molar-refractivity contribution in [3.63, 3.8) is 0 Å². The van der Waals surface area contributed by atoms with Gasteiger partial charge in [0, 0.05) is 17.6 Å². The summed E-state index contributed by atoms with van der Waals surface area (Å²) in [7, 11) is 1.99. The molecule has 10 heavy (non-hydrogen) atoms. The van der Waals surface area contributed by atoms with Crippen LogP contribution in [0.1, 0.15) is 17.0 Å². The molecule has 2 nitrogen and oxygen atoms in total. The highest BCUT2D eigenvalue weighted by molar-refractivity contribution is 7.09. The number of nitrogens with zero attached hydrogens (tertiary/aromatic N) is 1. The fraction of sp³-hybridized carbons (Fsp3) is 0.571. The maximum atomic E-state index is 7.50. The first-order chi connectivity index (χ1) is 4.79. The molecule has 1 N–H and O–H groups in total. The molecule has 54 valence electrons. The maximum absolute atomic E-state index is 7.50. The standard InChI is InChI=1S/C7H10N2S/c1-9-5-3-2-4-6(5)10-7(9)8/h8H,2-4H2,1H3. The van der Waals surface area contributed by atoms with Crippen LogP contribution in [0.5, 0.6) is 0 Å². The maximum Gasteiger partial charge on any atom is 0.182 e. The zero-order chi connectivity index (χ0) is 7.14. The van der Waals surface area contributed by atoms with Gasteiger partial charge in [0.15, 0.2) is 4.80 Å². The molecule has 0 saturated carbocycles. The summed E-state index contributed by atoms with van der Waals surface area (Å²) in [6, 6.07) is 0. The van der Waals surface area contributed by atoms with Crippen molar-refractivity contribution < 1.29 is 0 Å². The summed E-state index contributed by atoms with van der Waals surface area (Å²) in [5.41, 5.74) is 1.40. The molecule has 1 aromatic heterocycles. The third kappa shape index (κ3) is 0.669. The summed E-state index contributed by atoms with van der Waals surface area (Å²) in [5.74, 6) is 0. The topological polar surface area (TPSA) is 28.8 Å². The van der Waals surface area contributed by atoms with E-state index in [0.717, 1.165) is 0 Å². The second kappa shape index (κ2) is 1.95. The second-order valence-corrected chi connectivity index (χ2v) is 3.77. The molecule has 0 aromatic carbocycles. The number of rotatable bonds is 0. The summed E-state index contributed by atoms with van der Waals surface area (Å²) >= 11 is 1.63. The molecule has 0 amide bonds. The van der Waals surface area contributed by atoms with Crippen LogP contribution in [0.15, 0.2) is 0 Å². The Morgan fingerprint density at radius 3 is 3.00 bits per heavy atom. The zero-order valence-electron chi connectivity index (χ0n) is 5.98. The number of hydrogen-bond acceptors (Lipinski definition) is 2. The van der Waals surface area contributed by atoms with Gasteiger partial charge in [-0.05, 0) is 19.3 Å². The molecule has 0 saturated heterocycles. The average Bonchev–Trinajstić information content (AvgIpc) is 2.41. The SMILES string of the molecule is Cn1c2c(sc1=N)CCC2. The summed E-state index contributed by atoms with van der Waals surface area (Å²) in [4.78, 5) is 2.14. The minimum absolute atomic E-state index is 0.699. The minimum Gasteiger partial charge on any atom is -0.324 e. The number of thiazole rings is 1. The number of aromatic nitrogens is 1. The van der Waals surface area contributed by atoms with E-state index in [9.17, 15) is 0 Å². The van der Waals surface area contributed by atoms with Crippen molar-refractivity contribution in [1.82, 2.24) is 4.57 Å². The van der Waals surface area contributed by atoms with Crippen molar-refractivity contribution in [3.8, 4) is 0 Å². The van der Waals surface area contributed by atoms with Gasteiger partial charge in [0.25, 0.3) is 0 Å². The molecule has 0 bridgehead atoms. The molecule has 1 aromatic rings. The Morgan fingerprint density at radius 2 is 2.30 bits per heavy atom. The van der Waals surface area contributed by atoms with Crippen LogP contribution >= 0.6 is 11.3 Å². The van der Waals surface area contributed by atoms with Gasteiger partial charge in [-0.15, -0.1) is 11.3 Å². The van der Waals surface area contributed by atoms with Crippen LogP contribution in [0, 0.1) is 5.41 Å². The van der Waals surface area contributed by atoms with Crippen molar-refractivity contribution in [2.45, 2.75) is 19.3 Å². The molecule has 0 aliphatic heterocycles. The number of aryl methyl sites for hydroxylation is 1. The average molecular weight is 154 g/mol. The third-order valence-corrected chi connectivity index (χ3v) is 3.22. The number of nitrogens with one attached hydrogen (secondary N) is 1. The molecule has 0 radical (unpaired) electrons. The Kier molecular flexibility index (Phi) is 1.20. The van der Waals surface area contributed by atoms with Crippen LogP contribution < -0.4 is 4.80 Å². The van der Waals surface area contributed by atoms with E-state index in [2.05, 4.69) is 0 Å². The molecule has 0 spiro atoms. The predicted molar refractivity (Wildman–Crippen MR) is 41.2 cm³/mol. The molecule has 0 atom stereocenters. The monoisotopic (exact) mass is 154 g/mol. The molecule has 3 heteroatoms. The first-order valence-electron chi connectivity index (χ1n) is 3.51. The lowest BCUT2D eigenvalue weighted by Crippen LogP contribution is -2.10. The van der Waals surface area contributed by atoms with Crippen molar-refractivity contribution in [1.29, 1.82) is 5.41 Å². The quantitative estimate of drug-likeness (QED) is 0.579. The van der Waals surface area contributed by atoms with Crippen LogP contribution in [-0.2, 0) is 19.9 Å². The third-order valence-electron chi connectivity index (χ3n) is 2.07. The molecule has 2 rings (SSSR count). The van der Waals surface area contributed by atoms with Gasteiger partial charge in [0.2, 0.25) is 0 Å². The Balaban J connectivity index is 2.70. The van der Waals surface area contributed by atoms with E-state index in [1.807, 2.05) is 11.6 Å². The zero-order valence-corrected chi connectivity index (χ0v) is 6.79. The first kappa shape index (κ1) is 6.16. The van der Waals surface area contributed by atoms with Gasteiger partial charge in [0.05, 0.1) is 0 Å². The Bertz CT molecular complexity index is 308. The van der Waals surface area contributed by atoms with Gasteiger partial charge < -0.3 is 4.57 Å². The van der Waals surface area contributed by atoms with Crippen molar-refractivity contribution in [2.75, 3.05) is 0 Å². The van der Waals surface area contributed by atoms with Crippen molar-refractivity contribution in [2.24, 2.45) is 7.05 Å². The van der Waals surface area contributed by atoms with Crippen molar-refractivity contribution >= 4 is 11.3 Å². The van der Waals surface area contributed by atoms with Gasteiger partial charge in [-0.1, -0.05) is 0 Å². The number of fused-ring (bicyclic) bond motifs is 1. The predicted octanol–water partition coefficient (Wildman–Crippen LogP) is 1.05. The van der Waals surface area contributed by atoms with Crippen molar-refractivity contribution in [3.05, 3.63) is 15.4 Å². The van der Waals surface area contributed by atoms with Gasteiger partial charge >= 0.3 is 0 Å². The first-order valence-corrected chi connectivity index (χ1v) is 4.33. The van der Waals surface area contributed by atoms with Crippen LogP contribution in [0.2, 0.25) is 0 Å². The molecule has 0 fully saturated rings. The van der Waals surface area contributed by atoms with Gasteiger partial charge in [-0.2, -0.15) is 0 Å². The number of hydrogen-bond donors (Lipinski definition) is 1. The van der Waals surface area contributed by atoms with Crippen LogP contribution in [-0.4, -0.2) is 4.57 Å². The summed E-state index contributed by atoms with van der Waals surface area (Å²) in [6.45, 7) is 0. The highest BCUT2D eigenvalue weighted by Crippen LogP contribution is 2.22. The largest absolute Gasteiger partial charge is 0.324 e. The van der Waals surface area contributed by atoms with Gasteiger partial charge in [-0.25, -0.2) is 0 Å². The Hall–Kier alpha value is -0.570. The van der Waals surface area contributed by atoms with E-state index in [-0.39, 0.29) is 0 Å². The molecule has 1 aliphatic rings. The highest BCUT2D eigenvalue weighted by atomic mass is 32.1. The summed E-state index contributed by atoms with van der Waals surface area (Å²) in [6.07, 6.45) is 3.67. The fourth-order valence-electron chi connectivity index (χ4n) is 1.47. The van der Waals surface area contributed by atoms with E-state index in [0.29, 0.717) is 4.80 Å². The van der Waals surface area contributed by atoms with E-state index in [1.165, 1.54) is 29.8 Å². The molecule has 1 aliphatic carbocycles. The lowest BCUT2D eigenvalue weighted by atomic mass is 10.4. The molecular formula is C7H10N2S. The minimum atomic E-state index is 0.699. The summed E-state index contributed by atoms with van der Waals surface area (Å²) in [5, 5.41) is 7.50. The van der Waals surface area contributed by atoms with Crippen LogP contribution in [0.4, 0.5) is 0 Å². The molecular weight excluding hydrogens is 144 g/mol.